The van der Waals surface area contributed by atoms with E-state index in [1.807, 2.05) is 58.3 Å². The molecular weight excluding hydrogens is 506 g/mol. The molecule has 0 aliphatic carbocycles. The van der Waals surface area contributed by atoms with Crippen molar-refractivity contribution < 1.29 is 14.3 Å². The predicted molar refractivity (Wildman–Crippen MR) is 131 cm³/mol. The molecule has 0 radical (unpaired) electrons. The normalized spacial score (nSPS) is 18.7. The van der Waals surface area contributed by atoms with Gasteiger partial charge in [0.15, 0.2) is 0 Å². The monoisotopic (exact) mass is 527 g/mol. The van der Waals surface area contributed by atoms with Crippen molar-refractivity contribution in [3.05, 3.63) is 63.6 Å². The Labute approximate surface area is 205 Å². The Morgan fingerprint density at radius 1 is 1.00 bits per heavy atom. The Morgan fingerprint density at radius 3 is 2.42 bits per heavy atom. The number of nitrogens with zero attached hydrogens (tertiary/aromatic N) is 3. The minimum Gasteiger partial charge on any atom is -0.368 e. The summed E-state index contributed by atoms with van der Waals surface area (Å²) in [6, 6.07) is 15.0. The van der Waals surface area contributed by atoms with E-state index in [0.29, 0.717) is 43.4 Å². The van der Waals surface area contributed by atoms with E-state index in [4.69, 9.17) is 21.3 Å². The molecule has 170 valence electrons. The van der Waals surface area contributed by atoms with Gasteiger partial charge in [0.25, 0.3) is 11.8 Å². The molecule has 1 aromatic heterocycles. The van der Waals surface area contributed by atoms with E-state index in [9.17, 15) is 9.59 Å². The van der Waals surface area contributed by atoms with Gasteiger partial charge in [-0.3, -0.25) is 9.59 Å². The summed E-state index contributed by atoms with van der Waals surface area (Å²) in [7, 11) is 0. The average Bonchev–Trinajstić information content (AvgIpc) is 3.38. The summed E-state index contributed by atoms with van der Waals surface area (Å²) in [5, 5.41) is 1.44. The average molecular weight is 529 g/mol. The first-order chi connectivity index (χ1) is 16.0. The number of fused-ring (bicyclic) bond motifs is 1. The van der Waals surface area contributed by atoms with Crippen LogP contribution in [0.25, 0.3) is 22.2 Å². The van der Waals surface area contributed by atoms with Crippen LogP contribution in [-0.4, -0.2) is 65.5 Å². The zero-order chi connectivity index (χ0) is 22.9. The molecule has 2 saturated heterocycles. The first-order valence-electron chi connectivity index (χ1n) is 11.1. The van der Waals surface area contributed by atoms with Gasteiger partial charge in [-0.25, -0.2) is 4.98 Å². The molecule has 2 amide bonds. The van der Waals surface area contributed by atoms with Gasteiger partial charge in [-0.1, -0.05) is 39.7 Å². The van der Waals surface area contributed by atoms with Crippen LogP contribution in [0.3, 0.4) is 0 Å². The van der Waals surface area contributed by atoms with E-state index in [1.54, 1.807) is 0 Å². The van der Waals surface area contributed by atoms with Gasteiger partial charge in [-0.2, -0.15) is 0 Å². The largest absolute Gasteiger partial charge is 0.368 e. The second-order valence-corrected chi connectivity index (χ2v) is 9.69. The molecule has 6 nitrogen and oxygen atoms in total. The summed E-state index contributed by atoms with van der Waals surface area (Å²) >= 11 is 9.56. The van der Waals surface area contributed by atoms with Crippen LogP contribution in [0.15, 0.2) is 53.0 Å². The predicted octanol–water partition coefficient (Wildman–Crippen LogP) is 4.78. The Bertz CT molecular complexity index is 1200. The Kier molecular flexibility index (Phi) is 6.36. The van der Waals surface area contributed by atoms with Crippen molar-refractivity contribution in [1.82, 2.24) is 14.8 Å². The van der Waals surface area contributed by atoms with Crippen LogP contribution in [0.4, 0.5) is 0 Å². The van der Waals surface area contributed by atoms with Crippen LogP contribution in [0.1, 0.15) is 23.2 Å². The van der Waals surface area contributed by atoms with Gasteiger partial charge in [0, 0.05) is 53.2 Å². The summed E-state index contributed by atoms with van der Waals surface area (Å²) in [5.74, 6) is -0.0113. The topological polar surface area (TPSA) is 62.7 Å². The SMILES string of the molecule is O=C(c1cc(-c2ccc(Cl)cc2)nc2ccc(Br)cc12)N1CCN(C(=O)[C@@H]2CCCO2)CC1. The number of hydrogen-bond acceptors (Lipinski definition) is 4. The smallest absolute Gasteiger partial charge is 0.254 e. The lowest BCUT2D eigenvalue weighted by molar-refractivity contribution is -0.142. The van der Waals surface area contributed by atoms with Gasteiger partial charge in [-0.05, 0) is 49.2 Å². The van der Waals surface area contributed by atoms with Crippen LogP contribution in [0, 0.1) is 0 Å². The number of ether oxygens (including phenoxy) is 1. The number of pyridine rings is 1. The summed E-state index contributed by atoms with van der Waals surface area (Å²) in [6.07, 6.45) is 1.38. The fraction of sp³-hybridized carbons (Fsp3) is 0.320. The number of amides is 2. The molecule has 0 unspecified atom stereocenters. The molecule has 0 saturated carbocycles. The lowest BCUT2D eigenvalue weighted by Crippen LogP contribution is -2.52. The number of aromatic nitrogens is 1. The maximum atomic E-state index is 13.6. The lowest BCUT2D eigenvalue weighted by Gasteiger charge is -2.36. The molecule has 8 heteroatoms. The zero-order valence-corrected chi connectivity index (χ0v) is 20.3. The Morgan fingerprint density at radius 2 is 1.73 bits per heavy atom. The van der Waals surface area contributed by atoms with Crippen LogP contribution in [0.5, 0.6) is 0 Å². The molecule has 2 fully saturated rings. The van der Waals surface area contributed by atoms with Crippen LogP contribution in [-0.2, 0) is 9.53 Å². The Balaban J connectivity index is 1.42. The molecule has 33 heavy (non-hydrogen) atoms. The van der Waals surface area contributed by atoms with E-state index >= 15 is 0 Å². The van der Waals surface area contributed by atoms with E-state index in [1.165, 1.54) is 0 Å². The highest BCUT2D eigenvalue weighted by Crippen LogP contribution is 2.29. The number of benzene rings is 2. The summed E-state index contributed by atoms with van der Waals surface area (Å²) in [4.78, 5) is 34.7. The highest BCUT2D eigenvalue weighted by molar-refractivity contribution is 9.10. The number of hydrogen-bond donors (Lipinski definition) is 0. The quantitative estimate of drug-likeness (QED) is 0.491. The summed E-state index contributed by atoms with van der Waals surface area (Å²) < 4.78 is 6.43. The van der Waals surface area contributed by atoms with Crippen LogP contribution < -0.4 is 0 Å². The molecule has 5 rings (SSSR count). The maximum Gasteiger partial charge on any atom is 0.254 e. The van der Waals surface area contributed by atoms with E-state index in [-0.39, 0.29) is 17.9 Å². The van der Waals surface area contributed by atoms with Crippen LogP contribution >= 0.6 is 27.5 Å². The molecule has 2 aromatic carbocycles. The van der Waals surface area contributed by atoms with Crippen molar-refractivity contribution in [2.24, 2.45) is 0 Å². The molecular formula is C25H23BrClN3O3. The molecule has 3 heterocycles. The van der Waals surface area contributed by atoms with Gasteiger partial charge >= 0.3 is 0 Å². The van der Waals surface area contributed by atoms with Crippen molar-refractivity contribution >= 4 is 50.2 Å². The number of halogens is 2. The standard InChI is InChI=1S/C25H23BrClN3O3/c26-17-5-8-21-19(14-17)20(15-22(28-21)16-3-6-18(27)7-4-16)24(31)29-9-11-30(12-10-29)25(32)23-2-1-13-33-23/h3-8,14-15,23H,1-2,9-13H2/t23-/m0/s1. The summed E-state index contributed by atoms with van der Waals surface area (Å²) in [6.45, 7) is 2.66. The van der Waals surface area contributed by atoms with Gasteiger partial charge in [0.1, 0.15) is 6.10 Å². The van der Waals surface area contributed by atoms with Crippen molar-refractivity contribution in [1.29, 1.82) is 0 Å². The highest BCUT2D eigenvalue weighted by Gasteiger charge is 2.32. The second-order valence-electron chi connectivity index (χ2n) is 8.34. The minimum atomic E-state index is -0.323. The lowest BCUT2D eigenvalue weighted by atomic mass is 10.0. The van der Waals surface area contributed by atoms with Crippen molar-refractivity contribution in [3.63, 3.8) is 0 Å². The van der Waals surface area contributed by atoms with E-state index in [2.05, 4.69) is 15.9 Å². The highest BCUT2D eigenvalue weighted by atomic mass is 79.9. The van der Waals surface area contributed by atoms with E-state index in [0.717, 1.165) is 39.5 Å². The molecule has 2 aliphatic heterocycles. The van der Waals surface area contributed by atoms with Crippen molar-refractivity contribution in [3.8, 4) is 11.3 Å². The van der Waals surface area contributed by atoms with Crippen LogP contribution in [0.2, 0.25) is 5.02 Å². The fourth-order valence-corrected chi connectivity index (χ4v) is 4.91. The van der Waals surface area contributed by atoms with Gasteiger partial charge in [-0.15, -0.1) is 0 Å². The fourth-order valence-electron chi connectivity index (χ4n) is 4.42. The first kappa shape index (κ1) is 22.3. The third kappa shape index (κ3) is 4.63. The number of carbonyl (C=O) groups is 2. The third-order valence-electron chi connectivity index (χ3n) is 6.22. The zero-order valence-electron chi connectivity index (χ0n) is 18.0. The summed E-state index contributed by atoms with van der Waals surface area (Å²) in [5.41, 5.74) is 2.97. The minimum absolute atomic E-state index is 0.0444. The molecule has 3 aromatic rings. The Hall–Kier alpha value is -2.48. The number of rotatable bonds is 3. The van der Waals surface area contributed by atoms with Crippen molar-refractivity contribution in [2.45, 2.75) is 18.9 Å². The van der Waals surface area contributed by atoms with Gasteiger partial charge < -0.3 is 14.5 Å². The molecule has 2 aliphatic rings. The molecule has 1 atom stereocenters. The maximum absolute atomic E-state index is 13.6. The molecule has 0 N–H and O–H groups in total. The molecule has 0 spiro atoms. The third-order valence-corrected chi connectivity index (χ3v) is 6.97. The van der Waals surface area contributed by atoms with Gasteiger partial charge in [0.2, 0.25) is 0 Å². The van der Waals surface area contributed by atoms with E-state index < -0.39 is 0 Å². The number of piperazine rings is 1. The first-order valence-corrected chi connectivity index (χ1v) is 12.2. The number of carbonyl (C=O) groups excluding carboxylic acids is 2. The molecule has 0 bridgehead atoms. The van der Waals surface area contributed by atoms with Gasteiger partial charge in [0.05, 0.1) is 16.8 Å². The second kappa shape index (κ2) is 9.41. The van der Waals surface area contributed by atoms with Crippen molar-refractivity contribution in [2.75, 3.05) is 32.8 Å².